The van der Waals surface area contributed by atoms with Gasteiger partial charge in [-0.25, -0.2) is 4.79 Å². The Bertz CT molecular complexity index is 634. The molecule has 1 heterocycles. The molecule has 126 valence electrons. The maximum Gasteiger partial charge on any atom is 0.342 e. The van der Waals surface area contributed by atoms with Crippen molar-refractivity contribution >= 4 is 11.9 Å². The minimum Gasteiger partial charge on any atom is -0.507 e. The second kappa shape index (κ2) is 6.45. The molecule has 7 nitrogen and oxygen atoms in total. The third-order valence-corrected chi connectivity index (χ3v) is 4.02. The summed E-state index contributed by atoms with van der Waals surface area (Å²) in [5.74, 6) is -1.35. The highest BCUT2D eigenvalue weighted by Crippen LogP contribution is 2.39. The predicted octanol–water partition coefficient (Wildman–Crippen LogP) is 1.62. The average molecular weight is 324 g/mol. The first-order chi connectivity index (χ1) is 10.7. The molecule has 0 radical (unpaired) electrons. The summed E-state index contributed by atoms with van der Waals surface area (Å²) in [6.07, 6.45) is 0.408. The van der Waals surface area contributed by atoms with Crippen molar-refractivity contribution in [2.24, 2.45) is 0 Å². The zero-order valence-electron chi connectivity index (χ0n) is 13.1. The molecule has 0 saturated heterocycles. The van der Waals surface area contributed by atoms with Gasteiger partial charge in [0, 0.05) is 17.5 Å². The number of aromatic hydroxyl groups is 1. The number of phenols is 1. The van der Waals surface area contributed by atoms with E-state index in [-0.39, 0.29) is 43.6 Å². The monoisotopic (exact) mass is 324 g/mol. The first-order valence-electron chi connectivity index (χ1n) is 7.28. The molecule has 1 unspecified atom stereocenters. The molecule has 1 aliphatic heterocycles. The molecule has 1 aliphatic rings. The molecule has 1 aromatic rings. The SMILES string of the molecule is COc1cc2c(c(O)c1CCC(C)(O)CCC(=O)O)C(=O)OC2. The standard InChI is InChI=1S/C16H20O7/c1-16(21,6-4-12(17)18)5-3-10-11(22-2)7-9-8-23-15(20)13(9)14(10)19/h7,19,21H,3-6,8H2,1-2H3,(H,17,18). The summed E-state index contributed by atoms with van der Waals surface area (Å²) in [5, 5.41) is 29.3. The molecule has 0 aromatic heterocycles. The molecule has 0 bridgehead atoms. The summed E-state index contributed by atoms with van der Waals surface area (Å²) in [6, 6.07) is 1.64. The fourth-order valence-corrected chi connectivity index (χ4v) is 2.61. The molecule has 0 amide bonds. The third-order valence-electron chi connectivity index (χ3n) is 4.02. The maximum atomic E-state index is 11.7. The van der Waals surface area contributed by atoms with Crippen LogP contribution in [0, 0.1) is 0 Å². The first-order valence-corrected chi connectivity index (χ1v) is 7.28. The van der Waals surface area contributed by atoms with E-state index in [2.05, 4.69) is 0 Å². The molecule has 1 atom stereocenters. The molecule has 1 aromatic carbocycles. The Kier molecular flexibility index (Phi) is 4.79. The number of fused-ring (bicyclic) bond motifs is 1. The highest BCUT2D eigenvalue weighted by Gasteiger charge is 2.30. The van der Waals surface area contributed by atoms with Crippen LogP contribution in [0.4, 0.5) is 0 Å². The van der Waals surface area contributed by atoms with Crippen LogP contribution in [-0.4, -0.2) is 40.0 Å². The maximum absolute atomic E-state index is 11.7. The molecular weight excluding hydrogens is 304 g/mol. The van der Waals surface area contributed by atoms with Crippen LogP contribution in [0.1, 0.15) is 47.7 Å². The average Bonchev–Trinajstić information content (AvgIpc) is 2.85. The van der Waals surface area contributed by atoms with Gasteiger partial charge in [-0.15, -0.1) is 0 Å². The van der Waals surface area contributed by atoms with Gasteiger partial charge in [-0.3, -0.25) is 4.79 Å². The first kappa shape index (κ1) is 17.1. The van der Waals surface area contributed by atoms with Crippen molar-refractivity contribution < 1.29 is 34.4 Å². The van der Waals surface area contributed by atoms with E-state index in [1.54, 1.807) is 13.0 Å². The fourth-order valence-electron chi connectivity index (χ4n) is 2.61. The van der Waals surface area contributed by atoms with Crippen molar-refractivity contribution in [2.45, 2.75) is 44.8 Å². The third kappa shape index (κ3) is 3.73. The Hall–Kier alpha value is -2.28. The van der Waals surface area contributed by atoms with Gasteiger partial charge in [0.2, 0.25) is 0 Å². The van der Waals surface area contributed by atoms with E-state index in [1.807, 2.05) is 0 Å². The van der Waals surface area contributed by atoms with Crippen molar-refractivity contribution in [3.8, 4) is 11.5 Å². The molecule has 0 spiro atoms. The van der Waals surface area contributed by atoms with Gasteiger partial charge in [0.25, 0.3) is 0 Å². The summed E-state index contributed by atoms with van der Waals surface area (Å²) in [7, 11) is 1.45. The Morgan fingerprint density at radius 3 is 2.74 bits per heavy atom. The number of methoxy groups -OCH3 is 1. The zero-order chi connectivity index (χ0) is 17.2. The highest BCUT2D eigenvalue weighted by molar-refractivity contribution is 5.97. The smallest absolute Gasteiger partial charge is 0.342 e. The molecule has 3 N–H and O–H groups in total. The van der Waals surface area contributed by atoms with Gasteiger partial charge in [-0.1, -0.05) is 0 Å². The van der Waals surface area contributed by atoms with Crippen LogP contribution in [0.15, 0.2) is 6.07 Å². The van der Waals surface area contributed by atoms with Crippen LogP contribution < -0.4 is 4.74 Å². The number of aliphatic hydroxyl groups is 1. The molecule has 0 saturated carbocycles. The lowest BCUT2D eigenvalue weighted by Crippen LogP contribution is -2.26. The van der Waals surface area contributed by atoms with Crippen molar-refractivity contribution in [3.05, 3.63) is 22.8 Å². The van der Waals surface area contributed by atoms with Crippen molar-refractivity contribution in [1.82, 2.24) is 0 Å². The molecule has 7 heteroatoms. The summed E-state index contributed by atoms with van der Waals surface area (Å²) in [5.41, 5.74) is -0.104. The van der Waals surface area contributed by atoms with Crippen LogP contribution >= 0.6 is 0 Å². The summed E-state index contributed by atoms with van der Waals surface area (Å²) in [6.45, 7) is 1.63. The number of ether oxygens (including phenoxy) is 2. The van der Waals surface area contributed by atoms with Gasteiger partial charge in [0.15, 0.2) is 0 Å². The number of cyclic esters (lactones) is 1. The lowest BCUT2D eigenvalue weighted by Gasteiger charge is -2.23. The molecule has 23 heavy (non-hydrogen) atoms. The molecular formula is C16H20O7. The normalized spacial score (nSPS) is 15.7. The predicted molar refractivity (Wildman–Crippen MR) is 79.6 cm³/mol. The fraction of sp³-hybridized carbons (Fsp3) is 0.500. The van der Waals surface area contributed by atoms with E-state index in [0.29, 0.717) is 16.9 Å². The van der Waals surface area contributed by atoms with Gasteiger partial charge in [-0.2, -0.15) is 0 Å². The number of carbonyl (C=O) groups excluding carboxylic acids is 1. The Balaban J connectivity index is 2.21. The number of benzene rings is 1. The summed E-state index contributed by atoms with van der Waals surface area (Å²) in [4.78, 5) is 22.3. The number of carboxylic acid groups (broad SMARTS) is 1. The second-order valence-electron chi connectivity index (χ2n) is 5.91. The van der Waals surface area contributed by atoms with Gasteiger partial charge in [-0.05, 0) is 32.3 Å². The molecule has 0 aliphatic carbocycles. The highest BCUT2D eigenvalue weighted by atomic mass is 16.5. The minimum absolute atomic E-state index is 0.0920. The van der Waals surface area contributed by atoms with Crippen molar-refractivity contribution in [1.29, 1.82) is 0 Å². The van der Waals surface area contributed by atoms with E-state index in [0.717, 1.165) is 0 Å². The van der Waals surface area contributed by atoms with Crippen LogP contribution in [-0.2, 0) is 22.6 Å². The lowest BCUT2D eigenvalue weighted by molar-refractivity contribution is -0.138. The van der Waals surface area contributed by atoms with Crippen LogP contribution in [0.3, 0.4) is 0 Å². The Morgan fingerprint density at radius 2 is 2.13 bits per heavy atom. The van der Waals surface area contributed by atoms with Gasteiger partial charge in [0.05, 0.1) is 12.7 Å². The molecule has 0 fully saturated rings. The number of hydrogen-bond donors (Lipinski definition) is 3. The zero-order valence-corrected chi connectivity index (χ0v) is 13.1. The topological polar surface area (TPSA) is 113 Å². The number of carbonyl (C=O) groups is 2. The van der Waals surface area contributed by atoms with E-state index in [9.17, 15) is 19.8 Å². The number of carboxylic acids is 1. The van der Waals surface area contributed by atoms with Gasteiger partial charge in [0.1, 0.15) is 23.7 Å². The van der Waals surface area contributed by atoms with Crippen molar-refractivity contribution in [2.75, 3.05) is 7.11 Å². The Morgan fingerprint density at radius 1 is 1.43 bits per heavy atom. The van der Waals surface area contributed by atoms with Crippen LogP contribution in [0.2, 0.25) is 0 Å². The number of esters is 1. The largest absolute Gasteiger partial charge is 0.507 e. The number of rotatable bonds is 7. The number of hydrogen-bond acceptors (Lipinski definition) is 6. The van der Waals surface area contributed by atoms with Crippen molar-refractivity contribution in [3.63, 3.8) is 0 Å². The minimum atomic E-state index is -1.20. The number of phenolic OH excluding ortho intramolecular Hbond substituents is 1. The second-order valence-corrected chi connectivity index (χ2v) is 5.91. The summed E-state index contributed by atoms with van der Waals surface area (Å²) >= 11 is 0. The van der Waals surface area contributed by atoms with Crippen LogP contribution in [0.5, 0.6) is 11.5 Å². The van der Waals surface area contributed by atoms with E-state index in [1.165, 1.54) is 7.11 Å². The Labute approximate surface area is 133 Å². The van der Waals surface area contributed by atoms with Gasteiger partial charge >= 0.3 is 11.9 Å². The van der Waals surface area contributed by atoms with E-state index >= 15 is 0 Å². The summed E-state index contributed by atoms with van der Waals surface area (Å²) < 4.78 is 10.1. The van der Waals surface area contributed by atoms with Gasteiger partial charge < -0.3 is 24.8 Å². The number of aliphatic carboxylic acids is 1. The molecule has 2 rings (SSSR count). The van der Waals surface area contributed by atoms with E-state index in [4.69, 9.17) is 14.6 Å². The lowest BCUT2D eigenvalue weighted by atomic mass is 9.90. The van der Waals surface area contributed by atoms with E-state index < -0.39 is 17.5 Å². The quantitative estimate of drug-likeness (QED) is 0.653. The van der Waals surface area contributed by atoms with Crippen LogP contribution in [0.25, 0.3) is 0 Å².